The first-order valence-electron chi connectivity index (χ1n) is 8.26. The van der Waals surface area contributed by atoms with E-state index in [-0.39, 0.29) is 5.91 Å². The Labute approximate surface area is 135 Å². The summed E-state index contributed by atoms with van der Waals surface area (Å²) in [6.45, 7) is 2.98. The molecule has 0 atom stereocenters. The zero-order valence-corrected chi connectivity index (χ0v) is 13.6. The van der Waals surface area contributed by atoms with Gasteiger partial charge in [-0.1, -0.05) is 55.6 Å². The van der Waals surface area contributed by atoms with Gasteiger partial charge in [0.25, 0.3) is 0 Å². The summed E-state index contributed by atoms with van der Waals surface area (Å²) >= 11 is 0. The van der Waals surface area contributed by atoms with Gasteiger partial charge in [-0.15, -0.1) is 0 Å². The molecule has 0 spiro atoms. The number of nitrogens with zero attached hydrogens (tertiary/aromatic N) is 1. The van der Waals surface area contributed by atoms with E-state index in [4.69, 9.17) is 0 Å². The molecule has 0 aromatic rings. The molecule has 0 saturated carbocycles. The van der Waals surface area contributed by atoms with Crippen LogP contribution in [0, 0.1) is 11.8 Å². The van der Waals surface area contributed by atoms with E-state index >= 15 is 0 Å². The molecule has 1 amide bonds. The second-order valence-electron chi connectivity index (χ2n) is 5.23. The Morgan fingerprint density at radius 1 is 1.18 bits per heavy atom. The standard InChI is InChI=1S/C20H27NO/c1-2-3-4-5-6-7-8-9-10-11-12-13-14-17-20(22)21-18-15-16-19-21/h4-5,9-10,14-15,17-18H,2-3,8,11-13,16,19H2,1H3. The molecule has 118 valence electrons. The van der Waals surface area contributed by atoms with E-state index < -0.39 is 0 Å². The molecular weight excluding hydrogens is 270 g/mol. The minimum Gasteiger partial charge on any atom is -0.316 e. The molecule has 0 aromatic carbocycles. The number of hydrogen-bond acceptors (Lipinski definition) is 1. The van der Waals surface area contributed by atoms with Crippen molar-refractivity contribution in [2.45, 2.75) is 51.9 Å². The van der Waals surface area contributed by atoms with E-state index in [2.05, 4.69) is 37.0 Å². The molecule has 22 heavy (non-hydrogen) atoms. The molecule has 0 radical (unpaired) electrons. The third kappa shape index (κ3) is 9.02. The lowest BCUT2D eigenvalue weighted by Crippen LogP contribution is -2.21. The van der Waals surface area contributed by atoms with Crippen molar-refractivity contribution in [3.8, 4) is 11.8 Å². The lowest BCUT2D eigenvalue weighted by molar-refractivity contribution is -0.123. The van der Waals surface area contributed by atoms with Gasteiger partial charge in [-0.25, -0.2) is 0 Å². The Bertz CT molecular complexity index is 486. The molecule has 0 saturated heterocycles. The summed E-state index contributed by atoms with van der Waals surface area (Å²) in [4.78, 5) is 13.5. The van der Waals surface area contributed by atoms with Crippen LogP contribution in [-0.2, 0) is 4.79 Å². The zero-order valence-electron chi connectivity index (χ0n) is 13.6. The van der Waals surface area contributed by atoms with Crippen LogP contribution in [0.4, 0.5) is 0 Å². The van der Waals surface area contributed by atoms with Gasteiger partial charge < -0.3 is 4.90 Å². The molecule has 0 aliphatic carbocycles. The van der Waals surface area contributed by atoms with Crippen LogP contribution in [0.25, 0.3) is 0 Å². The van der Waals surface area contributed by atoms with Crippen LogP contribution in [0.2, 0.25) is 0 Å². The van der Waals surface area contributed by atoms with E-state index in [9.17, 15) is 4.79 Å². The summed E-state index contributed by atoms with van der Waals surface area (Å²) < 4.78 is 0. The van der Waals surface area contributed by atoms with Crippen LogP contribution >= 0.6 is 0 Å². The van der Waals surface area contributed by atoms with Crippen LogP contribution in [0.3, 0.4) is 0 Å². The van der Waals surface area contributed by atoms with Crippen molar-refractivity contribution in [1.82, 2.24) is 4.90 Å². The Hall–Kier alpha value is -2.01. The number of rotatable bonds is 8. The average Bonchev–Trinajstić information content (AvgIpc) is 3.06. The van der Waals surface area contributed by atoms with Gasteiger partial charge in [0.15, 0.2) is 0 Å². The number of hydrogen-bond donors (Lipinski definition) is 0. The van der Waals surface area contributed by atoms with Crippen LogP contribution in [0.1, 0.15) is 51.9 Å². The highest BCUT2D eigenvalue weighted by atomic mass is 16.2. The summed E-state index contributed by atoms with van der Waals surface area (Å²) in [5.41, 5.74) is 0. The van der Waals surface area contributed by atoms with Gasteiger partial charge in [0, 0.05) is 19.2 Å². The zero-order chi connectivity index (χ0) is 15.9. The minimum absolute atomic E-state index is 0.0932. The van der Waals surface area contributed by atoms with Crippen molar-refractivity contribution in [3.05, 3.63) is 48.7 Å². The predicted molar refractivity (Wildman–Crippen MR) is 94.0 cm³/mol. The molecule has 0 bridgehead atoms. The van der Waals surface area contributed by atoms with Crippen molar-refractivity contribution in [2.75, 3.05) is 6.54 Å². The summed E-state index contributed by atoms with van der Waals surface area (Å²) in [6.07, 6.45) is 23.0. The van der Waals surface area contributed by atoms with E-state index in [1.807, 2.05) is 24.4 Å². The topological polar surface area (TPSA) is 20.3 Å². The van der Waals surface area contributed by atoms with Gasteiger partial charge in [0.05, 0.1) is 0 Å². The molecule has 1 heterocycles. The van der Waals surface area contributed by atoms with Crippen molar-refractivity contribution in [1.29, 1.82) is 0 Å². The Balaban J connectivity index is 2.01. The largest absolute Gasteiger partial charge is 0.316 e. The fourth-order valence-electron chi connectivity index (χ4n) is 1.99. The smallest absolute Gasteiger partial charge is 0.250 e. The highest BCUT2D eigenvalue weighted by Crippen LogP contribution is 2.05. The van der Waals surface area contributed by atoms with Crippen LogP contribution in [0.15, 0.2) is 48.7 Å². The normalized spacial score (nSPS) is 14.3. The molecule has 1 aliphatic rings. The molecule has 0 aromatic heterocycles. The summed E-state index contributed by atoms with van der Waals surface area (Å²) in [6, 6.07) is 0. The van der Waals surface area contributed by atoms with Gasteiger partial charge in [-0.3, -0.25) is 4.79 Å². The van der Waals surface area contributed by atoms with Crippen molar-refractivity contribution in [3.63, 3.8) is 0 Å². The Morgan fingerprint density at radius 3 is 2.82 bits per heavy atom. The number of allylic oxidation sites excluding steroid dienone is 5. The van der Waals surface area contributed by atoms with Gasteiger partial charge >= 0.3 is 0 Å². The fraction of sp³-hybridized carbons (Fsp3) is 0.450. The number of amides is 1. The first kappa shape index (κ1) is 18.0. The van der Waals surface area contributed by atoms with Gasteiger partial charge in [0.1, 0.15) is 0 Å². The van der Waals surface area contributed by atoms with Crippen molar-refractivity contribution < 1.29 is 4.79 Å². The van der Waals surface area contributed by atoms with E-state index in [0.29, 0.717) is 0 Å². The molecule has 0 unspecified atom stereocenters. The maximum atomic E-state index is 11.7. The highest BCUT2D eigenvalue weighted by Gasteiger charge is 2.09. The number of unbranched alkanes of at least 4 members (excludes halogenated alkanes) is 3. The lowest BCUT2D eigenvalue weighted by Gasteiger charge is -2.09. The second kappa shape index (κ2) is 12.7. The van der Waals surface area contributed by atoms with Crippen LogP contribution < -0.4 is 0 Å². The van der Waals surface area contributed by atoms with Gasteiger partial charge in [0.2, 0.25) is 5.91 Å². The molecule has 1 aliphatic heterocycles. The van der Waals surface area contributed by atoms with Crippen LogP contribution in [0.5, 0.6) is 0 Å². The van der Waals surface area contributed by atoms with E-state index in [1.165, 1.54) is 6.42 Å². The molecule has 2 nitrogen and oxygen atoms in total. The minimum atomic E-state index is 0.0932. The quantitative estimate of drug-likeness (QED) is 0.274. The lowest BCUT2D eigenvalue weighted by atomic mass is 10.2. The maximum Gasteiger partial charge on any atom is 0.250 e. The molecule has 2 heteroatoms. The first-order chi connectivity index (χ1) is 10.8. The number of carbonyl (C=O) groups is 1. The Morgan fingerprint density at radius 2 is 2.05 bits per heavy atom. The summed E-state index contributed by atoms with van der Waals surface area (Å²) in [5.74, 6) is 6.22. The molecule has 0 N–H and O–H groups in total. The Kier molecular flexibility index (Phi) is 10.4. The third-order valence-electron chi connectivity index (χ3n) is 3.25. The summed E-state index contributed by atoms with van der Waals surface area (Å²) in [7, 11) is 0. The highest BCUT2D eigenvalue weighted by molar-refractivity contribution is 5.88. The summed E-state index contributed by atoms with van der Waals surface area (Å²) in [5, 5.41) is 0. The van der Waals surface area contributed by atoms with Crippen molar-refractivity contribution >= 4 is 5.91 Å². The maximum absolute atomic E-state index is 11.7. The predicted octanol–water partition coefficient (Wildman–Crippen LogP) is 4.76. The number of carbonyl (C=O) groups excluding carboxylic acids is 1. The van der Waals surface area contributed by atoms with Gasteiger partial charge in [-0.2, -0.15) is 0 Å². The molecular formula is C20H27NO. The van der Waals surface area contributed by atoms with E-state index in [1.54, 1.807) is 11.0 Å². The average molecular weight is 297 g/mol. The van der Waals surface area contributed by atoms with Crippen LogP contribution in [-0.4, -0.2) is 17.4 Å². The third-order valence-corrected chi connectivity index (χ3v) is 3.25. The SMILES string of the molecule is CCCC=CC#CCC=CCCCC=CC(=O)N1C=CCC1. The van der Waals surface area contributed by atoms with Crippen molar-refractivity contribution in [2.24, 2.45) is 0 Å². The molecule has 1 rings (SSSR count). The monoisotopic (exact) mass is 297 g/mol. The van der Waals surface area contributed by atoms with E-state index in [0.717, 1.165) is 45.1 Å². The molecule has 0 fully saturated rings. The first-order valence-corrected chi connectivity index (χ1v) is 8.26. The van der Waals surface area contributed by atoms with Gasteiger partial charge in [-0.05, 0) is 44.3 Å². The fourth-order valence-corrected chi connectivity index (χ4v) is 1.99. The second-order valence-corrected chi connectivity index (χ2v) is 5.23.